The lowest BCUT2D eigenvalue weighted by Gasteiger charge is -2.53. The van der Waals surface area contributed by atoms with Crippen LogP contribution in [0.2, 0.25) is 0 Å². The molecule has 4 aliphatic carbocycles. The molecule has 2 unspecified atom stereocenters. The molecule has 0 spiro atoms. The normalized spacial score (nSPS) is 26.3. The molecular formula is C34H30F3N5O5. The molecule has 8 rings (SSSR count). The topological polar surface area (TPSA) is 136 Å². The van der Waals surface area contributed by atoms with Gasteiger partial charge >= 0.3 is 12.1 Å². The zero-order chi connectivity index (χ0) is 32.5. The summed E-state index contributed by atoms with van der Waals surface area (Å²) < 4.78 is 57.1. The van der Waals surface area contributed by atoms with Crippen molar-refractivity contribution >= 4 is 0 Å². The molecule has 4 saturated carbocycles. The molecule has 2 bridgehead atoms. The van der Waals surface area contributed by atoms with Crippen LogP contribution in [0.4, 0.5) is 13.2 Å². The van der Waals surface area contributed by atoms with Gasteiger partial charge in [0.1, 0.15) is 23.3 Å². The molecule has 0 radical (unpaired) electrons. The fraction of sp³-hybridized carbons (Fsp3) is 0.441. The summed E-state index contributed by atoms with van der Waals surface area (Å²) in [5.41, 5.74) is 1.09. The number of H-pyrrole nitrogens is 1. The molecule has 10 nitrogen and oxygen atoms in total. The Kier molecular flexibility index (Phi) is 6.91. The molecule has 47 heavy (non-hydrogen) atoms. The second-order valence-electron chi connectivity index (χ2n) is 13.3. The minimum Gasteiger partial charge on any atom is -0.405 e. The highest BCUT2D eigenvalue weighted by atomic mass is 19.4. The standard InChI is InChI=1S/C34H30F3N5O5/c35-34(36,37)46-28-4-2-1-3-24(28)29-25(30(47-41-29)19-5-6-19)17-45-23-11-18-12-26-20(13-23)15-33(26,14-18)21-7-9-22(10-8-21)42-32(44)39-31(43)27(16-38)40-42/h1-4,7-10,18-20,23,26H,5-6,11-15,17H2,(H,39,43,44)/t18-,20?,23+,26+,33?/m1/s1. The quantitative estimate of drug-likeness (QED) is 0.251. The van der Waals surface area contributed by atoms with Gasteiger partial charge in [-0.1, -0.05) is 29.4 Å². The van der Waals surface area contributed by atoms with Crippen molar-refractivity contribution in [2.45, 2.75) is 75.4 Å². The van der Waals surface area contributed by atoms with Gasteiger partial charge in [-0.05, 0) is 97.9 Å². The number of benzene rings is 2. The predicted molar refractivity (Wildman–Crippen MR) is 160 cm³/mol. The lowest BCUT2D eigenvalue weighted by molar-refractivity contribution is -0.274. The van der Waals surface area contributed by atoms with Crippen LogP contribution in [0.1, 0.15) is 73.4 Å². The largest absolute Gasteiger partial charge is 0.573 e. The first-order valence-corrected chi connectivity index (χ1v) is 15.8. The van der Waals surface area contributed by atoms with E-state index in [1.54, 1.807) is 30.3 Å². The number of hydrogen-bond acceptors (Lipinski definition) is 8. The maximum absolute atomic E-state index is 13.2. The molecule has 4 aliphatic rings. The van der Waals surface area contributed by atoms with Crippen LogP contribution >= 0.6 is 0 Å². The summed E-state index contributed by atoms with van der Waals surface area (Å²) in [5, 5.41) is 17.3. The summed E-state index contributed by atoms with van der Waals surface area (Å²) in [6.45, 7) is 0.206. The number of hydrogen-bond donors (Lipinski definition) is 1. The number of para-hydroxylation sites is 1. The van der Waals surface area contributed by atoms with Crippen LogP contribution in [0.5, 0.6) is 5.75 Å². The fourth-order valence-corrected chi connectivity index (χ4v) is 8.48. The van der Waals surface area contributed by atoms with Crippen molar-refractivity contribution in [3.63, 3.8) is 0 Å². The Balaban J connectivity index is 0.982. The van der Waals surface area contributed by atoms with Crippen LogP contribution in [-0.2, 0) is 16.8 Å². The van der Waals surface area contributed by atoms with E-state index in [0.29, 0.717) is 40.5 Å². The van der Waals surface area contributed by atoms with E-state index in [2.05, 4.69) is 20.0 Å². The Bertz CT molecular complexity index is 2000. The van der Waals surface area contributed by atoms with Gasteiger partial charge < -0.3 is 14.0 Å². The lowest BCUT2D eigenvalue weighted by Crippen LogP contribution is -2.49. The third-order valence-corrected chi connectivity index (χ3v) is 10.5. The average Bonchev–Trinajstić information content (AvgIpc) is 3.74. The molecule has 2 heterocycles. The van der Waals surface area contributed by atoms with Crippen molar-refractivity contribution in [1.82, 2.24) is 19.9 Å². The summed E-state index contributed by atoms with van der Waals surface area (Å²) in [6.07, 6.45) is 2.02. The number of ether oxygens (including phenoxy) is 2. The number of nitrogens with zero attached hydrogens (tertiary/aromatic N) is 4. The highest BCUT2D eigenvalue weighted by Gasteiger charge is 2.61. The highest BCUT2D eigenvalue weighted by molar-refractivity contribution is 5.70. The van der Waals surface area contributed by atoms with E-state index < -0.39 is 17.6 Å². The molecule has 4 aromatic rings. The van der Waals surface area contributed by atoms with Gasteiger partial charge in [0.15, 0.2) is 0 Å². The van der Waals surface area contributed by atoms with E-state index in [-0.39, 0.29) is 41.1 Å². The van der Waals surface area contributed by atoms with Crippen molar-refractivity contribution in [2.24, 2.45) is 17.8 Å². The van der Waals surface area contributed by atoms with Gasteiger partial charge in [0.05, 0.1) is 18.4 Å². The Morgan fingerprint density at radius 2 is 1.85 bits per heavy atom. The number of nitriles is 1. The van der Waals surface area contributed by atoms with Gasteiger partial charge in [0.2, 0.25) is 5.69 Å². The molecule has 0 amide bonds. The van der Waals surface area contributed by atoms with Crippen molar-refractivity contribution in [1.29, 1.82) is 5.26 Å². The predicted octanol–water partition coefficient (Wildman–Crippen LogP) is 5.89. The number of nitrogens with one attached hydrogen (secondary N) is 1. The van der Waals surface area contributed by atoms with Crippen molar-refractivity contribution in [2.75, 3.05) is 0 Å². The number of halogens is 3. The molecule has 5 atom stereocenters. The van der Waals surface area contributed by atoms with Gasteiger partial charge in [-0.3, -0.25) is 9.78 Å². The summed E-state index contributed by atoms with van der Waals surface area (Å²) in [6, 6.07) is 15.3. The first-order chi connectivity index (χ1) is 22.6. The third kappa shape index (κ3) is 5.24. The molecule has 0 aliphatic heterocycles. The van der Waals surface area contributed by atoms with Crippen molar-refractivity contribution < 1.29 is 27.2 Å². The van der Waals surface area contributed by atoms with Crippen molar-refractivity contribution in [3.05, 3.63) is 92.0 Å². The number of fused-ring (bicyclic) bond motifs is 1. The second-order valence-corrected chi connectivity index (χ2v) is 13.3. The van der Waals surface area contributed by atoms with Gasteiger partial charge in [0, 0.05) is 17.0 Å². The zero-order valence-corrected chi connectivity index (χ0v) is 25.1. The minimum atomic E-state index is -4.84. The van der Waals surface area contributed by atoms with Crippen LogP contribution in [-0.4, -0.2) is 32.4 Å². The zero-order valence-electron chi connectivity index (χ0n) is 25.1. The van der Waals surface area contributed by atoms with Crippen molar-refractivity contribution in [3.8, 4) is 28.8 Å². The van der Waals surface area contributed by atoms with Gasteiger partial charge in [-0.2, -0.15) is 9.94 Å². The summed E-state index contributed by atoms with van der Waals surface area (Å²) in [7, 11) is 0. The molecule has 13 heteroatoms. The average molecular weight is 646 g/mol. The third-order valence-electron chi connectivity index (χ3n) is 10.5. The van der Waals surface area contributed by atoms with Crippen LogP contribution in [0.25, 0.3) is 16.9 Å². The monoisotopic (exact) mass is 645 g/mol. The fourth-order valence-electron chi connectivity index (χ4n) is 8.48. The maximum Gasteiger partial charge on any atom is 0.573 e. The number of alkyl halides is 3. The van der Waals surface area contributed by atoms with E-state index >= 15 is 0 Å². The number of rotatable bonds is 8. The molecule has 4 fully saturated rings. The number of aromatic nitrogens is 4. The Hall–Kier alpha value is -4.70. The van der Waals surface area contributed by atoms with Gasteiger partial charge in [-0.25, -0.2) is 4.79 Å². The summed E-state index contributed by atoms with van der Waals surface area (Å²) in [4.78, 5) is 26.2. The van der Waals surface area contributed by atoms with E-state index in [9.17, 15) is 22.8 Å². The van der Waals surface area contributed by atoms with Gasteiger partial charge in [-0.15, -0.1) is 18.3 Å². The van der Waals surface area contributed by atoms with Gasteiger partial charge in [0.25, 0.3) is 5.56 Å². The minimum absolute atomic E-state index is 0.0136. The smallest absolute Gasteiger partial charge is 0.405 e. The molecule has 2 aromatic heterocycles. The van der Waals surface area contributed by atoms with Crippen LogP contribution in [0, 0.1) is 29.1 Å². The number of aromatic amines is 1. The molecular weight excluding hydrogens is 615 g/mol. The van der Waals surface area contributed by atoms with E-state index in [1.165, 1.54) is 17.7 Å². The Labute approximate surface area is 266 Å². The second kappa shape index (κ2) is 10.9. The molecule has 2 aromatic carbocycles. The van der Waals surface area contributed by atoms with E-state index in [1.807, 2.05) is 12.1 Å². The highest BCUT2D eigenvalue weighted by Crippen LogP contribution is 2.67. The first-order valence-electron chi connectivity index (χ1n) is 15.8. The lowest BCUT2D eigenvalue weighted by atomic mass is 9.51. The Morgan fingerprint density at radius 1 is 1.06 bits per heavy atom. The first kappa shape index (κ1) is 29.7. The van der Waals surface area contributed by atoms with E-state index in [0.717, 1.165) is 49.6 Å². The summed E-state index contributed by atoms with van der Waals surface area (Å²) >= 11 is 0. The molecule has 0 saturated heterocycles. The molecule has 242 valence electrons. The molecule has 1 N–H and O–H groups in total. The SMILES string of the molecule is N#Cc1nn(-c2ccc(C34CC5C[C@@H](OCc6c(-c7ccccc7OC(F)(F)F)noc6C6CC6)C[C@H](C[C@@H]53)C4)cc2)c(=O)[nH]c1=O. The van der Waals surface area contributed by atoms with Crippen LogP contribution in [0.3, 0.4) is 0 Å². The van der Waals surface area contributed by atoms with Crippen LogP contribution in [0.15, 0.2) is 62.6 Å². The van der Waals surface area contributed by atoms with E-state index in [4.69, 9.17) is 14.5 Å². The maximum atomic E-state index is 13.2. The summed E-state index contributed by atoms with van der Waals surface area (Å²) in [5.74, 6) is 2.01. The van der Waals surface area contributed by atoms with Crippen LogP contribution < -0.4 is 16.0 Å². The Morgan fingerprint density at radius 3 is 2.60 bits per heavy atom.